The molecule has 0 bridgehead atoms. The van der Waals surface area contributed by atoms with Crippen LogP contribution in [0, 0.1) is 5.92 Å². The van der Waals surface area contributed by atoms with Crippen LogP contribution in [0.15, 0.2) is 17.1 Å². The lowest BCUT2D eigenvalue weighted by Crippen LogP contribution is -2.22. The minimum Gasteiger partial charge on any atom is -0.323 e. The van der Waals surface area contributed by atoms with Crippen LogP contribution in [0.4, 0.5) is 0 Å². The second kappa shape index (κ2) is 3.49. The molecule has 1 atom stereocenters. The molecule has 0 aliphatic heterocycles. The highest BCUT2D eigenvalue weighted by molar-refractivity contribution is 5.04. The zero-order chi connectivity index (χ0) is 9.14. The SMILES string of the molecule is CC(C)[C@H](N)c1ccnc(=O)[nH]1. The Kier molecular flexibility index (Phi) is 2.60. The number of nitrogens with two attached hydrogens (primary N) is 1. The summed E-state index contributed by atoms with van der Waals surface area (Å²) in [6.07, 6.45) is 1.47. The van der Waals surface area contributed by atoms with Crippen molar-refractivity contribution in [3.8, 4) is 0 Å². The molecule has 3 N–H and O–H groups in total. The standard InChI is InChI=1S/C8H13N3O/c1-5(2)7(9)6-3-4-10-8(12)11-6/h3-5,7H,9H2,1-2H3,(H,10,11,12)/t7-/m0/s1. The number of aromatic amines is 1. The van der Waals surface area contributed by atoms with E-state index in [0.29, 0.717) is 5.92 Å². The van der Waals surface area contributed by atoms with Crippen LogP contribution in [0.1, 0.15) is 25.6 Å². The van der Waals surface area contributed by atoms with E-state index in [2.05, 4.69) is 9.97 Å². The van der Waals surface area contributed by atoms with Crippen LogP contribution >= 0.6 is 0 Å². The van der Waals surface area contributed by atoms with Crippen molar-refractivity contribution in [1.29, 1.82) is 0 Å². The van der Waals surface area contributed by atoms with Crippen LogP contribution in [0.5, 0.6) is 0 Å². The van der Waals surface area contributed by atoms with Crippen LogP contribution < -0.4 is 11.4 Å². The van der Waals surface area contributed by atoms with Gasteiger partial charge in [0.25, 0.3) is 0 Å². The molecule has 1 rings (SSSR count). The first-order chi connectivity index (χ1) is 5.61. The van der Waals surface area contributed by atoms with Gasteiger partial charge in [0, 0.05) is 17.9 Å². The molecule has 12 heavy (non-hydrogen) atoms. The Labute approximate surface area is 70.8 Å². The molecule has 4 nitrogen and oxygen atoms in total. The first-order valence-corrected chi connectivity index (χ1v) is 3.92. The monoisotopic (exact) mass is 167 g/mol. The van der Waals surface area contributed by atoms with E-state index < -0.39 is 0 Å². The molecule has 0 aliphatic rings. The second-order valence-corrected chi connectivity index (χ2v) is 3.10. The maximum atomic E-state index is 10.8. The molecule has 0 saturated heterocycles. The number of hydrogen-bond donors (Lipinski definition) is 2. The lowest BCUT2D eigenvalue weighted by atomic mass is 10.0. The van der Waals surface area contributed by atoms with Crippen molar-refractivity contribution in [2.45, 2.75) is 19.9 Å². The van der Waals surface area contributed by atoms with Crippen LogP contribution in [-0.2, 0) is 0 Å². The molecule has 0 radical (unpaired) electrons. The number of nitrogens with zero attached hydrogens (tertiary/aromatic N) is 1. The third-order valence-electron chi connectivity index (χ3n) is 1.77. The van der Waals surface area contributed by atoms with Gasteiger partial charge >= 0.3 is 5.69 Å². The van der Waals surface area contributed by atoms with Crippen molar-refractivity contribution in [3.05, 3.63) is 28.4 Å². The molecule has 0 unspecified atom stereocenters. The minimum atomic E-state index is -0.344. The van der Waals surface area contributed by atoms with Crippen molar-refractivity contribution >= 4 is 0 Å². The third kappa shape index (κ3) is 1.92. The summed E-state index contributed by atoms with van der Waals surface area (Å²) >= 11 is 0. The van der Waals surface area contributed by atoms with Gasteiger partial charge in [-0.05, 0) is 12.0 Å². The summed E-state index contributed by atoms with van der Waals surface area (Å²) in [5.74, 6) is 0.308. The van der Waals surface area contributed by atoms with Gasteiger partial charge in [0.1, 0.15) is 0 Å². The summed E-state index contributed by atoms with van der Waals surface area (Å²) in [7, 11) is 0. The van der Waals surface area contributed by atoms with Gasteiger partial charge in [-0.2, -0.15) is 0 Å². The Bertz CT molecular complexity index is 305. The molecule has 1 heterocycles. The van der Waals surface area contributed by atoms with Gasteiger partial charge in [0.05, 0.1) is 0 Å². The quantitative estimate of drug-likeness (QED) is 0.670. The first kappa shape index (κ1) is 8.93. The molecule has 0 amide bonds. The molecule has 66 valence electrons. The van der Waals surface area contributed by atoms with Crippen LogP contribution in [0.2, 0.25) is 0 Å². The average molecular weight is 167 g/mol. The molecule has 1 aromatic rings. The molecular weight excluding hydrogens is 154 g/mol. The van der Waals surface area contributed by atoms with Gasteiger partial charge in [-0.25, -0.2) is 9.78 Å². The second-order valence-electron chi connectivity index (χ2n) is 3.10. The van der Waals surface area contributed by atoms with Gasteiger partial charge < -0.3 is 10.7 Å². The largest absolute Gasteiger partial charge is 0.345 e. The van der Waals surface area contributed by atoms with Crippen LogP contribution in [0.25, 0.3) is 0 Å². The molecule has 0 aromatic carbocycles. The van der Waals surface area contributed by atoms with E-state index in [1.54, 1.807) is 6.07 Å². The van der Waals surface area contributed by atoms with Crippen molar-refractivity contribution in [2.24, 2.45) is 11.7 Å². The summed E-state index contributed by atoms with van der Waals surface area (Å²) < 4.78 is 0. The molecule has 0 spiro atoms. The molecule has 0 saturated carbocycles. The Morgan fingerprint density at radius 3 is 2.75 bits per heavy atom. The number of aromatic nitrogens is 2. The normalized spacial score (nSPS) is 13.3. The van der Waals surface area contributed by atoms with Gasteiger partial charge in [0.2, 0.25) is 0 Å². The van der Waals surface area contributed by atoms with Crippen molar-refractivity contribution in [2.75, 3.05) is 0 Å². The van der Waals surface area contributed by atoms with Gasteiger partial charge in [-0.15, -0.1) is 0 Å². The van der Waals surface area contributed by atoms with E-state index in [-0.39, 0.29) is 11.7 Å². The maximum Gasteiger partial charge on any atom is 0.345 e. The molecule has 4 heteroatoms. The topological polar surface area (TPSA) is 71.8 Å². The Morgan fingerprint density at radius 2 is 2.25 bits per heavy atom. The molecule has 0 fully saturated rings. The van der Waals surface area contributed by atoms with E-state index >= 15 is 0 Å². The predicted molar refractivity (Wildman–Crippen MR) is 46.6 cm³/mol. The number of hydrogen-bond acceptors (Lipinski definition) is 3. The fourth-order valence-electron chi connectivity index (χ4n) is 0.936. The Morgan fingerprint density at radius 1 is 1.58 bits per heavy atom. The summed E-state index contributed by atoms with van der Waals surface area (Å²) in [5.41, 5.74) is 6.21. The molecule has 0 aliphatic carbocycles. The summed E-state index contributed by atoms with van der Waals surface area (Å²) in [5, 5.41) is 0. The van der Waals surface area contributed by atoms with Crippen LogP contribution in [0.3, 0.4) is 0 Å². The van der Waals surface area contributed by atoms with Gasteiger partial charge in [-0.1, -0.05) is 13.8 Å². The zero-order valence-corrected chi connectivity index (χ0v) is 7.24. The first-order valence-electron chi connectivity index (χ1n) is 3.92. The minimum absolute atomic E-state index is 0.124. The maximum absolute atomic E-state index is 10.8. The number of nitrogens with one attached hydrogen (secondary N) is 1. The van der Waals surface area contributed by atoms with Gasteiger partial charge in [-0.3, -0.25) is 0 Å². The van der Waals surface area contributed by atoms with E-state index in [4.69, 9.17) is 5.73 Å². The average Bonchev–Trinajstić information content (AvgIpc) is 2.03. The van der Waals surface area contributed by atoms with Crippen molar-refractivity contribution in [1.82, 2.24) is 9.97 Å². The van der Waals surface area contributed by atoms with E-state index in [1.807, 2.05) is 13.8 Å². The third-order valence-corrected chi connectivity index (χ3v) is 1.77. The number of H-pyrrole nitrogens is 1. The highest BCUT2D eigenvalue weighted by atomic mass is 16.1. The smallest absolute Gasteiger partial charge is 0.323 e. The lowest BCUT2D eigenvalue weighted by Gasteiger charge is -2.14. The van der Waals surface area contributed by atoms with E-state index in [1.165, 1.54) is 6.20 Å². The van der Waals surface area contributed by atoms with Crippen molar-refractivity contribution in [3.63, 3.8) is 0 Å². The van der Waals surface area contributed by atoms with E-state index in [0.717, 1.165) is 5.69 Å². The highest BCUT2D eigenvalue weighted by Crippen LogP contribution is 2.14. The molecular formula is C8H13N3O. The lowest BCUT2D eigenvalue weighted by molar-refractivity contribution is 0.501. The zero-order valence-electron chi connectivity index (χ0n) is 7.24. The summed E-state index contributed by atoms with van der Waals surface area (Å²) in [4.78, 5) is 16.9. The summed E-state index contributed by atoms with van der Waals surface area (Å²) in [6, 6.07) is 1.60. The van der Waals surface area contributed by atoms with E-state index in [9.17, 15) is 4.79 Å². The van der Waals surface area contributed by atoms with Crippen molar-refractivity contribution < 1.29 is 0 Å². The van der Waals surface area contributed by atoms with Gasteiger partial charge in [0.15, 0.2) is 0 Å². The Hall–Kier alpha value is -1.16. The Balaban J connectivity index is 2.95. The highest BCUT2D eigenvalue weighted by Gasteiger charge is 2.10. The van der Waals surface area contributed by atoms with Crippen LogP contribution in [-0.4, -0.2) is 9.97 Å². The number of rotatable bonds is 2. The predicted octanol–water partition coefficient (Wildman–Crippen LogP) is 0.426. The molecule has 1 aromatic heterocycles. The fourth-order valence-corrected chi connectivity index (χ4v) is 0.936. The summed E-state index contributed by atoms with van der Waals surface area (Å²) in [6.45, 7) is 4.01. The fraction of sp³-hybridized carbons (Fsp3) is 0.500.